The van der Waals surface area contributed by atoms with Gasteiger partial charge in [0.1, 0.15) is 11.6 Å². The van der Waals surface area contributed by atoms with Crippen molar-refractivity contribution in [3.63, 3.8) is 0 Å². The van der Waals surface area contributed by atoms with Gasteiger partial charge in [0.15, 0.2) is 0 Å². The third-order valence-electron chi connectivity index (χ3n) is 6.12. The van der Waals surface area contributed by atoms with Crippen molar-refractivity contribution in [2.75, 3.05) is 70.3 Å². The summed E-state index contributed by atoms with van der Waals surface area (Å²) in [5, 5.41) is 3.45. The van der Waals surface area contributed by atoms with E-state index in [9.17, 15) is 0 Å². The average Bonchev–Trinajstić information content (AvgIpc) is 3.00. The van der Waals surface area contributed by atoms with Gasteiger partial charge in [0.25, 0.3) is 0 Å². The molecule has 1 saturated heterocycles. The number of nitrogens with one attached hydrogen (secondary N) is 1. The van der Waals surface area contributed by atoms with E-state index in [4.69, 9.17) is 19.4 Å². The lowest BCUT2D eigenvalue weighted by molar-refractivity contribution is 0.0398. The molecule has 0 unspecified atom stereocenters. The molecule has 0 spiro atoms. The third kappa shape index (κ3) is 5.37. The lowest BCUT2D eigenvalue weighted by Crippen LogP contribution is -2.39. The van der Waals surface area contributed by atoms with Crippen molar-refractivity contribution in [2.45, 2.75) is 26.3 Å². The molecule has 0 bridgehead atoms. The Bertz CT molecular complexity index is 925. The molecule has 2 aliphatic heterocycles. The van der Waals surface area contributed by atoms with Crippen LogP contribution in [0.15, 0.2) is 29.3 Å². The summed E-state index contributed by atoms with van der Waals surface area (Å²) in [6.45, 7) is 9.15. The van der Waals surface area contributed by atoms with E-state index in [-0.39, 0.29) is 0 Å². The van der Waals surface area contributed by atoms with Crippen molar-refractivity contribution in [1.82, 2.24) is 14.9 Å². The lowest BCUT2D eigenvalue weighted by atomic mass is 10.1. The highest BCUT2D eigenvalue weighted by Gasteiger charge is 2.25. The number of ether oxygens (including phenoxy) is 2. The van der Waals surface area contributed by atoms with Crippen molar-refractivity contribution >= 4 is 17.5 Å². The van der Waals surface area contributed by atoms with Crippen molar-refractivity contribution in [1.29, 1.82) is 0 Å². The van der Waals surface area contributed by atoms with Crippen LogP contribution in [0.2, 0.25) is 0 Å². The lowest BCUT2D eigenvalue weighted by Gasteiger charge is -2.27. The number of fused-ring (bicyclic) bond motifs is 1. The predicted molar refractivity (Wildman–Crippen MR) is 128 cm³/mol. The molecule has 172 valence electrons. The molecule has 0 aliphatic carbocycles. The first kappa shape index (κ1) is 22.5. The average molecular weight is 439 g/mol. The summed E-state index contributed by atoms with van der Waals surface area (Å²) < 4.78 is 10.7. The zero-order chi connectivity index (χ0) is 22.3. The standard InChI is InChI=1S/C24H34N6O2/c1-18-22-21(25-2)5-4-11-30(17-19-6-8-20(31-3)9-7-19)23(22)28-24(27-18)26-10-12-29-13-15-32-16-14-29/h6-9H,4-5,10-17H2,1-3H3,(H,26,27,28). The Morgan fingerprint density at radius 3 is 2.62 bits per heavy atom. The van der Waals surface area contributed by atoms with Gasteiger partial charge in [-0.25, -0.2) is 4.98 Å². The maximum atomic E-state index is 5.44. The monoisotopic (exact) mass is 438 g/mol. The maximum Gasteiger partial charge on any atom is 0.224 e. The molecule has 0 atom stereocenters. The van der Waals surface area contributed by atoms with Crippen molar-refractivity contribution < 1.29 is 9.47 Å². The smallest absolute Gasteiger partial charge is 0.224 e. The summed E-state index contributed by atoms with van der Waals surface area (Å²) in [4.78, 5) is 19.1. The predicted octanol–water partition coefficient (Wildman–Crippen LogP) is 2.76. The number of benzene rings is 1. The zero-order valence-electron chi connectivity index (χ0n) is 19.4. The minimum atomic E-state index is 0.687. The summed E-state index contributed by atoms with van der Waals surface area (Å²) >= 11 is 0. The van der Waals surface area contributed by atoms with Crippen LogP contribution in [0.3, 0.4) is 0 Å². The summed E-state index contributed by atoms with van der Waals surface area (Å²) in [5.41, 5.74) is 4.38. The molecule has 32 heavy (non-hydrogen) atoms. The molecule has 3 heterocycles. The molecule has 0 amide bonds. The number of rotatable bonds is 7. The second-order valence-corrected chi connectivity index (χ2v) is 8.26. The van der Waals surface area contributed by atoms with Gasteiger partial charge in [-0.05, 0) is 37.5 Å². The number of hydrogen-bond donors (Lipinski definition) is 1. The first-order valence-electron chi connectivity index (χ1n) is 11.4. The van der Waals surface area contributed by atoms with Crippen LogP contribution >= 0.6 is 0 Å². The van der Waals surface area contributed by atoms with Crippen LogP contribution in [0, 0.1) is 6.92 Å². The van der Waals surface area contributed by atoms with Crippen molar-refractivity contribution in [3.05, 3.63) is 41.1 Å². The summed E-state index contributed by atoms with van der Waals surface area (Å²) in [6.07, 6.45) is 1.98. The van der Waals surface area contributed by atoms with E-state index >= 15 is 0 Å². The van der Waals surface area contributed by atoms with Gasteiger partial charge < -0.3 is 19.7 Å². The molecule has 2 aliphatic rings. The van der Waals surface area contributed by atoms with Crippen LogP contribution in [0.4, 0.5) is 11.8 Å². The summed E-state index contributed by atoms with van der Waals surface area (Å²) in [7, 11) is 3.56. The van der Waals surface area contributed by atoms with Crippen molar-refractivity contribution in [3.8, 4) is 5.75 Å². The summed E-state index contributed by atoms with van der Waals surface area (Å²) in [5.74, 6) is 2.53. The largest absolute Gasteiger partial charge is 0.497 e. The van der Waals surface area contributed by atoms with E-state index in [0.717, 1.165) is 93.9 Å². The van der Waals surface area contributed by atoms with Crippen LogP contribution in [-0.2, 0) is 11.3 Å². The molecular formula is C24H34N6O2. The highest BCUT2D eigenvalue weighted by molar-refractivity contribution is 6.06. The Morgan fingerprint density at radius 1 is 1.12 bits per heavy atom. The van der Waals surface area contributed by atoms with Crippen LogP contribution < -0.4 is 15.0 Å². The van der Waals surface area contributed by atoms with E-state index in [2.05, 4.69) is 39.2 Å². The van der Waals surface area contributed by atoms with Gasteiger partial charge in [0.05, 0.1) is 31.6 Å². The molecule has 1 aromatic heterocycles. The maximum absolute atomic E-state index is 5.44. The fourth-order valence-corrected chi connectivity index (χ4v) is 4.35. The number of nitrogens with zero attached hydrogens (tertiary/aromatic N) is 5. The Balaban J connectivity index is 1.55. The van der Waals surface area contributed by atoms with E-state index in [0.29, 0.717) is 5.95 Å². The van der Waals surface area contributed by atoms with Gasteiger partial charge >= 0.3 is 0 Å². The first-order valence-corrected chi connectivity index (χ1v) is 11.4. The number of aromatic nitrogens is 2. The van der Waals surface area contributed by atoms with Gasteiger partial charge in [-0.1, -0.05) is 12.1 Å². The van der Waals surface area contributed by atoms with Gasteiger partial charge in [0, 0.05) is 52.0 Å². The topological polar surface area (TPSA) is 75.1 Å². The molecule has 4 rings (SSSR count). The Hall–Kier alpha value is -2.71. The highest BCUT2D eigenvalue weighted by atomic mass is 16.5. The van der Waals surface area contributed by atoms with Gasteiger partial charge in [-0.3, -0.25) is 9.89 Å². The SMILES string of the molecule is CN=C1CCCN(Cc2ccc(OC)cc2)c2nc(NCCN3CCOCC3)nc(C)c21. The Labute approximate surface area is 190 Å². The normalized spacial score (nSPS) is 18.3. The van der Waals surface area contributed by atoms with Crippen molar-refractivity contribution in [2.24, 2.45) is 4.99 Å². The molecule has 1 fully saturated rings. The molecule has 0 radical (unpaired) electrons. The first-order chi connectivity index (χ1) is 15.7. The molecular weight excluding hydrogens is 404 g/mol. The molecule has 8 nitrogen and oxygen atoms in total. The number of anilines is 2. The van der Waals surface area contributed by atoms with Gasteiger partial charge in [-0.15, -0.1) is 0 Å². The van der Waals surface area contributed by atoms with Gasteiger partial charge in [-0.2, -0.15) is 4.98 Å². The Kier molecular flexibility index (Phi) is 7.55. The van der Waals surface area contributed by atoms with Crippen LogP contribution in [0.25, 0.3) is 0 Å². The zero-order valence-corrected chi connectivity index (χ0v) is 19.4. The van der Waals surface area contributed by atoms with E-state index < -0.39 is 0 Å². The highest BCUT2D eigenvalue weighted by Crippen LogP contribution is 2.29. The molecule has 8 heteroatoms. The molecule has 0 saturated carbocycles. The molecule has 1 aromatic carbocycles. The van der Waals surface area contributed by atoms with Crippen LogP contribution in [0.1, 0.15) is 29.7 Å². The third-order valence-corrected chi connectivity index (χ3v) is 6.12. The number of aryl methyl sites for hydroxylation is 1. The van der Waals surface area contributed by atoms with Crippen LogP contribution in [-0.4, -0.2) is 80.7 Å². The van der Waals surface area contributed by atoms with Gasteiger partial charge in [0.2, 0.25) is 5.95 Å². The number of morpholine rings is 1. The van der Waals surface area contributed by atoms with E-state index in [1.165, 1.54) is 5.56 Å². The fourth-order valence-electron chi connectivity index (χ4n) is 4.35. The summed E-state index contributed by atoms with van der Waals surface area (Å²) in [6, 6.07) is 8.26. The minimum absolute atomic E-state index is 0.687. The molecule has 1 N–H and O–H groups in total. The Morgan fingerprint density at radius 2 is 1.91 bits per heavy atom. The minimum Gasteiger partial charge on any atom is -0.497 e. The second-order valence-electron chi connectivity index (χ2n) is 8.26. The number of aliphatic imine (C=N–C) groups is 1. The fraction of sp³-hybridized carbons (Fsp3) is 0.542. The van der Waals surface area contributed by atoms with E-state index in [1.54, 1.807) is 7.11 Å². The quantitative estimate of drug-likeness (QED) is 0.712. The number of methoxy groups -OCH3 is 1. The van der Waals surface area contributed by atoms with Crippen LogP contribution in [0.5, 0.6) is 5.75 Å². The second kappa shape index (κ2) is 10.7. The van der Waals surface area contributed by atoms with E-state index in [1.807, 2.05) is 19.2 Å². The molecule has 2 aromatic rings. The number of hydrogen-bond acceptors (Lipinski definition) is 8.